The zero-order valence-electron chi connectivity index (χ0n) is 11.7. The third-order valence-electron chi connectivity index (χ3n) is 3.09. The van der Waals surface area contributed by atoms with Gasteiger partial charge in [0.25, 0.3) is 0 Å². The second-order valence-electron chi connectivity index (χ2n) is 5.20. The minimum Gasteiger partial charge on any atom is -0.493 e. The van der Waals surface area contributed by atoms with Crippen molar-refractivity contribution in [1.29, 1.82) is 0 Å². The molecular formula is C15H22N2O2. The molecule has 0 saturated heterocycles. The lowest BCUT2D eigenvalue weighted by Crippen LogP contribution is -2.40. The number of carbonyl (C=O) groups excluding carboxylic acids is 1. The molecule has 1 aromatic rings. The molecule has 0 aliphatic carbocycles. The van der Waals surface area contributed by atoms with Crippen LogP contribution in [-0.2, 0) is 12.8 Å². The molecule has 1 aromatic carbocycles. The van der Waals surface area contributed by atoms with Crippen molar-refractivity contribution < 1.29 is 9.53 Å². The van der Waals surface area contributed by atoms with Crippen LogP contribution in [0.4, 0.5) is 4.79 Å². The van der Waals surface area contributed by atoms with Gasteiger partial charge in [0, 0.05) is 12.6 Å². The molecule has 0 radical (unpaired) electrons. The number of hydrogen-bond donors (Lipinski definition) is 2. The predicted molar refractivity (Wildman–Crippen MR) is 75.6 cm³/mol. The first kappa shape index (κ1) is 13.7. The van der Waals surface area contributed by atoms with E-state index in [2.05, 4.69) is 22.8 Å². The lowest BCUT2D eigenvalue weighted by molar-refractivity contribution is 0.238. The summed E-state index contributed by atoms with van der Waals surface area (Å²) in [5.74, 6) is 1.01. The van der Waals surface area contributed by atoms with Gasteiger partial charge in [-0.05, 0) is 50.3 Å². The van der Waals surface area contributed by atoms with E-state index in [4.69, 9.17) is 4.74 Å². The number of hydrogen-bond acceptors (Lipinski definition) is 2. The molecule has 4 nitrogen and oxygen atoms in total. The van der Waals surface area contributed by atoms with Crippen LogP contribution in [0.5, 0.6) is 5.75 Å². The summed E-state index contributed by atoms with van der Waals surface area (Å²) in [5.41, 5.74) is 2.53. The molecule has 0 spiro atoms. The highest BCUT2D eigenvalue weighted by atomic mass is 16.5. The van der Waals surface area contributed by atoms with E-state index in [1.165, 1.54) is 11.1 Å². The minimum atomic E-state index is -0.101. The van der Waals surface area contributed by atoms with Crippen molar-refractivity contribution in [2.24, 2.45) is 0 Å². The maximum absolute atomic E-state index is 11.4. The Kier molecular flexibility index (Phi) is 4.66. The fourth-order valence-electron chi connectivity index (χ4n) is 2.20. The van der Waals surface area contributed by atoms with E-state index in [0.29, 0.717) is 6.54 Å². The highest BCUT2D eigenvalue weighted by Gasteiger charge is 2.10. The van der Waals surface area contributed by atoms with Crippen molar-refractivity contribution in [2.45, 2.75) is 39.2 Å². The summed E-state index contributed by atoms with van der Waals surface area (Å²) in [4.78, 5) is 11.4. The number of carbonyl (C=O) groups is 1. The molecular weight excluding hydrogens is 240 g/mol. The summed E-state index contributed by atoms with van der Waals surface area (Å²) < 4.78 is 5.59. The molecule has 0 aromatic heterocycles. The smallest absolute Gasteiger partial charge is 0.314 e. The number of amides is 2. The van der Waals surface area contributed by atoms with E-state index in [9.17, 15) is 4.79 Å². The normalized spacial score (nSPS) is 13.6. The van der Waals surface area contributed by atoms with E-state index in [-0.39, 0.29) is 12.1 Å². The summed E-state index contributed by atoms with van der Waals surface area (Å²) in [6, 6.07) is 6.37. The van der Waals surface area contributed by atoms with Crippen LogP contribution in [0, 0.1) is 0 Å². The molecule has 1 aliphatic heterocycles. The highest BCUT2D eigenvalue weighted by Crippen LogP contribution is 2.25. The van der Waals surface area contributed by atoms with Gasteiger partial charge in [0.2, 0.25) is 0 Å². The predicted octanol–water partition coefficient (Wildman–Crippen LogP) is 2.26. The first-order valence-corrected chi connectivity index (χ1v) is 6.94. The lowest BCUT2D eigenvalue weighted by atomic mass is 10.0. The molecule has 104 valence electrons. The molecule has 0 atom stereocenters. The Hall–Kier alpha value is -1.71. The third kappa shape index (κ3) is 4.16. The number of fused-ring (bicyclic) bond motifs is 1. The Morgan fingerprint density at radius 2 is 2.26 bits per heavy atom. The molecule has 2 rings (SSSR count). The summed E-state index contributed by atoms with van der Waals surface area (Å²) in [7, 11) is 0. The SMILES string of the molecule is CC(C)NC(=O)NCCc1ccc2c(c1)CCCO2. The zero-order chi connectivity index (χ0) is 13.7. The molecule has 0 fully saturated rings. The third-order valence-corrected chi connectivity index (χ3v) is 3.09. The topological polar surface area (TPSA) is 50.4 Å². The number of nitrogens with one attached hydrogen (secondary N) is 2. The van der Waals surface area contributed by atoms with Crippen LogP contribution < -0.4 is 15.4 Å². The second kappa shape index (κ2) is 6.45. The van der Waals surface area contributed by atoms with Gasteiger partial charge in [0.05, 0.1) is 6.61 Å². The Morgan fingerprint density at radius 1 is 1.42 bits per heavy atom. The van der Waals surface area contributed by atoms with E-state index in [1.54, 1.807) is 0 Å². The fraction of sp³-hybridized carbons (Fsp3) is 0.533. The number of benzene rings is 1. The molecule has 0 bridgehead atoms. The molecule has 19 heavy (non-hydrogen) atoms. The van der Waals surface area contributed by atoms with Crippen LogP contribution in [0.2, 0.25) is 0 Å². The van der Waals surface area contributed by atoms with Gasteiger partial charge in [0.1, 0.15) is 5.75 Å². The van der Waals surface area contributed by atoms with E-state index in [1.807, 2.05) is 19.9 Å². The quantitative estimate of drug-likeness (QED) is 0.874. The molecule has 4 heteroatoms. The Morgan fingerprint density at radius 3 is 3.05 bits per heavy atom. The van der Waals surface area contributed by atoms with Crippen molar-refractivity contribution in [3.05, 3.63) is 29.3 Å². The molecule has 2 amide bonds. The first-order chi connectivity index (χ1) is 9.15. The summed E-state index contributed by atoms with van der Waals surface area (Å²) in [5, 5.41) is 5.67. The van der Waals surface area contributed by atoms with Crippen LogP contribution in [0.25, 0.3) is 0 Å². The standard InChI is InChI=1S/C15H22N2O2/c1-11(2)17-15(18)16-8-7-12-5-6-14-13(10-12)4-3-9-19-14/h5-6,10-11H,3-4,7-9H2,1-2H3,(H2,16,17,18). The average Bonchev–Trinajstić information content (AvgIpc) is 2.37. The average molecular weight is 262 g/mol. The lowest BCUT2D eigenvalue weighted by Gasteiger charge is -2.18. The summed E-state index contributed by atoms with van der Waals surface area (Å²) in [6.45, 7) is 5.37. The Balaban J connectivity index is 1.81. The Bertz CT molecular complexity index is 444. The van der Waals surface area contributed by atoms with Crippen LogP contribution in [-0.4, -0.2) is 25.2 Å². The summed E-state index contributed by atoms with van der Waals surface area (Å²) in [6.07, 6.45) is 3.02. The van der Waals surface area contributed by atoms with Crippen molar-refractivity contribution in [1.82, 2.24) is 10.6 Å². The Labute approximate surface area is 114 Å². The van der Waals surface area contributed by atoms with Crippen LogP contribution >= 0.6 is 0 Å². The van der Waals surface area contributed by atoms with Crippen LogP contribution in [0.15, 0.2) is 18.2 Å². The van der Waals surface area contributed by atoms with Gasteiger partial charge in [-0.2, -0.15) is 0 Å². The minimum absolute atomic E-state index is 0.101. The monoisotopic (exact) mass is 262 g/mol. The molecule has 2 N–H and O–H groups in total. The summed E-state index contributed by atoms with van der Waals surface area (Å²) >= 11 is 0. The maximum atomic E-state index is 11.4. The van der Waals surface area contributed by atoms with Gasteiger partial charge in [0.15, 0.2) is 0 Å². The van der Waals surface area contributed by atoms with Gasteiger partial charge in [-0.25, -0.2) is 4.79 Å². The number of urea groups is 1. The second-order valence-corrected chi connectivity index (χ2v) is 5.20. The first-order valence-electron chi connectivity index (χ1n) is 6.94. The van der Waals surface area contributed by atoms with Gasteiger partial charge in [-0.1, -0.05) is 12.1 Å². The largest absolute Gasteiger partial charge is 0.493 e. The van der Waals surface area contributed by atoms with Gasteiger partial charge < -0.3 is 15.4 Å². The van der Waals surface area contributed by atoms with Crippen molar-refractivity contribution in [2.75, 3.05) is 13.2 Å². The zero-order valence-corrected chi connectivity index (χ0v) is 11.7. The maximum Gasteiger partial charge on any atom is 0.314 e. The fourth-order valence-corrected chi connectivity index (χ4v) is 2.20. The van der Waals surface area contributed by atoms with E-state index < -0.39 is 0 Å². The molecule has 1 aliphatic rings. The van der Waals surface area contributed by atoms with Crippen molar-refractivity contribution in [3.8, 4) is 5.75 Å². The van der Waals surface area contributed by atoms with Crippen molar-refractivity contribution >= 4 is 6.03 Å². The number of ether oxygens (including phenoxy) is 1. The van der Waals surface area contributed by atoms with Gasteiger partial charge in [-0.15, -0.1) is 0 Å². The molecule has 1 heterocycles. The van der Waals surface area contributed by atoms with E-state index >= 15 is 0 Å². The molecule has 0 unspecified atom stereocenters. The van der Waals surface area contributed by atoms with Crippen molar-refractivity contribution in [3.63, 3.8) is 0 Å². The van der Waals surface area contributed by atoms with Crippen LogP contribution in [0.1, 0.15) is 31.4 Å². The number of aryl methyl sites for hydroxylation is 1. The highest BCUT2D eigenvalue weighted by molar-refractivity contribution is 5.74. The molecule has 0 saturated carbocycles. The van der Waals surface area contributed by atoms with Crippen LogP contribution in [0.3, 0.4) is 0 Å². The van der Waals surface area contributed by atoms with Gasteiger partial charge in [-0.3, -0.25) is 0 Å². The van der Waals surface area contributed by atoms with E-state index in [0.717, 1.165) is 31.6 Å². The van der Waals surface area contributed by atoms with Gasteiger partial charge >= 0.3 is 6.03 Å². The number of rotatable bonds is 4.